The minimum Gasteiger partial charge on any atom is -0.337 e. The Bertz CT molecular complexity index is 264. The Morgan fingerprint density at radius 3 is 2.56 bits per heavy atom. The SMILES string of the molecule is C=CC(=O)N1CCCC(OC(C)(F)F)C1.CCC. The van der Waals surface area contributed by atoms with Crippen molar-refractivity contribution in [2.24, 2.45) is 0 Å². The zero-order valence-corrected chi connectivity index (χ0v) is 11.4. The van der Waals surface area contributed by atoms with E-state index in [-0.39, 0.29) is 12.5 Å². The summed E-state index contributed by atoms with van der Waals surface area (Å²) in [5, 5.41) is 0. The zero-order valence-electron chi connectivity index (χ0n) is 11.4. The van der Waals surface area contributed by atoms with Gasteiger partial charge in [-0.05, 0) is 18.9 Å². The van der Waals surface area contributed by atoms with Gasteiger partial charge in [0, 0.05) is 20.0 Å². The van der Waals surface area contributed by atoms with Crippen LogP contribution in [-0.4, -0.2) is 36.1 Å². The maximum atomic E-state index is 12.6. The molecule has 1 atom stereocenters. The molecule has 0 aromatic rings. The first kappa shape index (κ1) is 17.0. The molecular formula is C13H23F2NO2. The first-order valence-corrected chi connectivity index (χ1v) is 6.31. The number of nitrogens with zero attached hydrogens (tertiary/aromatic N) is 1. The summed E-state index contributed by atoms with van der Waals surface area (Å²) < 4.78 is 29.7. The van der Waals surface area contributed by atoms with Gasteiger partial charge in [0.25, 0.3) is 0 Å². The molecule has 1 heterocycles. The molecule has 106 valence electrons. The summed E-state index contributed by atoms with van der Waals surface area (Å²) in [6.07, 6.45) is -0.0372. The van der Waals surface area contributed by atoms with Gasteiger partial charge in [-0.3, -0.25) is 4.79 Å². The summed E-state index contributed by atoms with van der Waals surface area (Å²) in [6, 6.07) is 0. The fraction of sp³-hybridized carbons (Fsp3) is 0.769. The largest absolute Gasteiger partial charge is 0.353 e. The van der Waals surface area contributed by atoms with Gasteiger partial charge in [0.1, 0.15) is 0 Å². The van der Waals surface area contributed by atoms with Crippen LogP contribution < -0.4 is 0 Å². The average Bonchev–Trinajstić information content (AvgIpc) is 2.27. The Kier molecular flexibility index (Phi) is 7.75. The summed E-state index contributed by atoms with van der Waals surface area (Å²) in [7, 11) is 0. The van der Waals surface area contributed by atoms with E-state index in [1.165, 1.54) is 17.4 Å². The van der Waals surface area contributed by atoms with Gasteiger partial charge in [0.2, 0.25) is 5.91 Å². The molecule has 1 aliphatic rings. The molecule has 0 aliphatic carbocycles. The minimum atomic E-state index is -3.13. The molecule has 18 heavy (non-hydrogen) atoms. The Morgan fingerprint density at radius 2 is 2.11 bits per heavy atom. The van der Waals surface area contributed by atoms with E-state index in [0.717, 1.165) is 0 Å². The number of piperidine rings is 1. The van der Waals surface area contributed by atoms with Crippen LogP contribution in [0, 0.1) is 0 Å². The second-order valence-electron chi connectivity index (χ2n) is 4.39. The molecule has 1 aliphatic heterocycles. The van der Waals surface area contributed by atoms with Crippen LogP contribution in [0.15, 0.2) is 12.7 Å². The van der Waals surface area contributed by atoms with Gasteiger partial charge in [0.05, 0.1) is 6.10 Å². The van der Waals surface area contributed by atoms with E-state index in [0.29, 0.717) is 26.3 Å². The first-order valence-electron chi connectivity index (χ1n) is 6.31. The number of carbonyl (C=O) groups is 1. The molecule has 0 bridgehead atoms. The third-order valence-electron chi connectivity index (χ3n) is 2.24. The van der Waals surface area contributed by atoms with Gasteiger partial charge in [-0.1, -0.05) is 26.8 Å². The second kappa shape index (κ2) is 8.19. The molecule has 0 radical (unpaired) electrons. The minimum absolute atomic E-state index is 0.217. The smallest absolute Gasteiger partial charge is 0.337 e. The molecule has 0 aromatic carbocycles. The lowest BCUT2D eigenvalue weighted by atomic mass is 10.1. The van der Waals surface area contributed by atoms with Gasteiger partial charge in [-0.15, -0.1) is 0 Å². The van der Waals surface area contributed by atoms with E-state index in [9.17, 15) is 13.6 Å². The third kappa shape index (κ3) is 7.37. The number of rotatable bonds is 3. The van der Waals surface area contributed by atoms with Crippen molar-refractivity contribution in [3.63, 3.8) is 0 Å². The summed E-state index contributed by atoms with van der Waals surface area (Å²) >= 11 is 0. The van der Waals surface area contributed by atoms with E-state index in [1.54, 1.807) is 0 Å². The van der Waals surface area contributed by atoms with Crippen molar-refractivity contribution in [1.29, 1.82) is 0 Å². The number of amides is 1. The Hall–Kier alpha value is -0.970. The van der Waals surface area contributed by atoms with Crippen LogP contribution in [0.3, 0.4) is 0 Å². The lowest BCUT2D eigenvalue weighted by Crippen LogP contribution is -2.44. The normalized spacial score (nSPS) is 19.8. The number of hydrogen-bond donors (Lipinski definition) is 0. The van der Waals surface area contributed by atoms with Crippen molar-refractivity contribution >= 4 is 5.91 Å². The van der Waals surface area contributed by atoms with Crippen molar-refractivity contribution in [2.75, 3.05) is 13.1 Å². The quantitative estimate of drug-likeness (QED) is 0.732. The molecule has 0 N–H and O–H groups in total. The molecule has 0 aromatic heterocycles. The third-order valence-corrected chi connectivity index (χ3v) is 2.24. The summed E-state index contributed by atoms with van der Waals surface area (Å²) in [6.45, 7) is 9.11. The van der Waals surface area contributed by atoms with Crippen molar-refractivity contribution < 1.29 is 18.3 Å². The van der Waals surface area contributed by atoms with Crippen LogP contribution in [0.1, 0.15) is 40.0 Å². The molecule has 3 nitrogen and oxygen atoms in total. The zero-order chi connectivity index (χ0) is 14.2. The Balaban J connectivity index is 0.000000873. The number of ether oxygens (including phenoxy) is 1. The highest BCUT2D eigenvalue weighted by Crippen LogP contribution is 2.22. The molecule has 1 amide bonds. The van der Waals surface area contributed by atoms with Gasteiger partial charge < -0.3 is 9.64 Å². The highest BCUT2D eigenvalue weighted by molar-refractivity contribution is 5.87. The molecule has 1 unspecified atom stereocenters. The maximum Gasteiger partial charge on any atom is 0.353 e. The predicted octanol–water partition coefficient (Wildman–Crippen LogP) is 3.21. The first-order chi connectivity index (χ1) is 8.34. The number of hydrogen-bond acceptors (Lipinski definition) is 2. The van der Waals surface area contributed by atoms with Crippen LogP contribution in [-0.2, 0) is 9.53 Å². The van der Waals surface area contributed by atoms with Gasteiger partial charge in [-0.25, -0.2) is 0 Å². The lowest BCUT2D eigenvalue weighted by molar-refractivity contribution is -0.255. The molecule has 0 spiro atoms. The van der Waals surface area contributed by atoms with Gasteiger partial charge in [-0.2, -0.15) is 8.78 Å². The van der Waals surface area contributed by atoms with E-state index < -0.39 is 12.2 Å². The molecule has 1 fully saturated rings. The molecule has 5 heteroatoms. The number of alkyl halides is 2. The van der Waals surface area contributed by atoms with Crippen molar-refractivity contribution in [3.8, 4) is 0 Å². The van der Waals surface area contributed by atoms with Crippen LogP contribution in [0.5, 0.6) is 0 Å². The number of carbonyl (C=O) groups excluding carboxylic acids is 1. The van der Waals surface area contributed by atoms with Crippen LogP contribution >= 0.6 is 0 Å². The van der Waals surface area contributed by atoms with E-state index in [1.807, 2.05) is 0 Å². The van der Waals surface area contributed by atoms with Crippen molar-refractivity contribution in [2.45, 2.75) is 52.2 Å². The fourth-order valence-corrected chi connectivity index (χ4v) is 1.66. The highest BCUT2D eigenvalue weighted by atomic mass is 19.3. The fourth-order valence-electron chi connectivity index (χ4n) is 1.66. The van der Waals surface area contributed by atoms with Gasteiger partial charge >= 0.3 is 6.11 Å². The number of halogens is 2. The molecular weight excluding hydrogens is 240 g/mol. The topological polar surface area (TPSA) is 29.5 Å². The Labute approximate surface area is 108 Å². The van der Waals surface area contributed by atoms with Crippen molar-refractivity contribution in [3.05, 3.63) is 12.7 Å². The van der Waals surface area contributed by atoms with E-state index >= 15 is 0 Å². The van der Waals surface area contributed by atoms with E-state index in [4.69, 9.17) is 0 Å². The highest BCUT2D eigenvalue weighted by Gasteiger charge is 2.31. The van der Waals surface area contributed by atoms with E-state index in [2.05, 4.69) is 25.2 Å². The summed E-state index contributed by atoms with van der Waals surface area (Å²) in [4.78, 5) is 12.7. The molecule has 1 saturated heterocycles. The second-order valence-corrected chi connectivity index (χ2v) is 4.39. The lowest BCUT2D eigenvalue weighted by Gasteiger charge is -2.33. The predicted molar refractivity (Wildman–Crippen MR) is 67.5 cm³/mol. The van der Waals surface area contributed by atoms with Crippen LogP contribution in [0.4, 0.5) is 8.78 Å². The molecule has 0 saturated carbocycles. The van der Waals surface area contributed by atoms with Crippen LogP contribution in [0.2, 0.25) is 0 Å². The summed E-state index contributed by atoms with van der Waals surface area (Å²) in [5.41, 5.74) is 0. The average molecular weight is 263 g/mol. The summed E-state index contributed by atoms with van der Waals surface area (Å²) in [5.74, 6) is -0.234. The molecule has 1 rings (SSSR count). The van der Waals surface area contributed by atoms with Gasteiger partial charge in [0.15, 0.2) is 0 Å². The Morgan fingerprint density at radius 1 is 1.56 bits per heavy atom. The standard InChI is InChI=1S/C10H15F2NO2.C3H8/c1-3-9(14)13-6-4-5-8(7-13)15-10(2,11)12;1-3-2/h3,8H,1,4-7H2,2H3;3H2,1-2H3. The van der Waals surface area contributed by atoms with Crippen molar-refractivity contribution in [1.82, 2.24) is 4.90 Å². The van der Waals surface area contributed by atoms with Crippen LogP contribution in [0.25, 0.3) is 0 Å². The number of likely N-dealkylation sites (tertiary alicyclic amines) is 1. The maximum absolute atomic E-state index is 12.6. The monoisotopic (exact) mass is 263 g/mol.